The van der Waals surface area contributed by atoms with Gasteiger partial charge in [-0.25, -0.2) is 4.98 Å². The number of hydrogen-bond donors (Lipinski definition) is 0. The molecule has 0 saturated carbocycles. The molecule has 1 amide bonds. The van der Waals surface area contributed by atoms with Crippen LogP contribution in [0.15, 0.2) is 42.9 Å². The van der Waals surface area contributed by atoms with Crippen LogP contribution in [-0.2, 0) is 11.8 Å². The van der Waals surface area contributed by atoms with Gasteiger partial charge in [0.15, 0.2) is 0 Å². The van der Waals surface area contributed by atoms with E-state index in [0.717, 1.165) is 35.0 Å². The fourth-order valence-electron chi connectivity index (χ4n) is 4.45. The average molecular weight is 392 g/mol. The zero-order valence-corrected chi connectivity index (χ0v) is 16.7. The lowest BCUT2D eigenvalue weighted by Gasteiger charge is -2.52. The lowest BCUT2D eigenvalue weighted by molar-refractivity contribution is -0.174. The van der Waals surface area contributed by atoms with Crippen molar-refractivity contribution < 1.29 is 14.3 Å². The van der Waals surface area contributed by atoms with E-state index in [2.05, 4.69) is 9.97 Å². The first-order valence-corrected chi connectivity index (χ1v) is 9.96. The van der Waals surface area contributed by atoms with Gasteiger partial charge in [0, 0.05) is 43.2 Å². The Morgan fingerprint density at radius 3 is 2.93 bits per heavy atom. The Labute approximate surface area is 169 Å². The van der Waals surface area contributed by atoms with Gasteiger partial charge in [-0.15, -0.1) is 0 Å². The molecule has 1 aromatic carbocycles. The third-order valence-corrected chi connectivity index (χ3v) is 5.84. The van der Waals surface area contributed by atoms with Crippen molar-refractivity contribution in [1.82, 2.24) is 19.4 Å². The Morgan fingerprint density at radius 1 is 1.28 bits per heavy atom. The minimum atomic E-state index is -0.319. The summed E-state index contributed by atoms with van der Waals surface area (Å²) >= 11 is 0. The van der Waals surface area contributed by atoms with Gasteiger partial charge < -0.3 is 18.9 Å². The van der Waals surface area contributed by atoms with Crippen LogP contribution in [-0.4, -0.2) is 56.7 Å². The van der Waals surface area contributed by atoms with Crippen LogP contribution in [0.2, 0.25) is 0 Å². The van der Waals surface area contributed by atoms with Crippen molar-refractivity contribution in [3.05, 3.63) is 54.1 Å². The molecule has 2 fully saturated rings. The summed E-state index contributed by atoms with van der Waals surface area (Å²) in [6.07, 6.45) is 6.86. The molecule has 4 heterocycles. The largest absolute Gasteiger partial charge is 0.473 e. The predicted octanol–water partition coefficient (Wildman–Crippen LogP) is 2.73. The number of nitrogens with zero attached hydrogens (tertiary/aromatic N) is 4. The molecule has 2 aliphatic heterocycles. The third-order valence-electron chi connectivity index (χ3n) is 5.84. The number of likely N-dealkylation sites (tertiary alicyclic amines) is 1. The van der Waals surface area contributed by atoms with Crippen LogP contribution in [0.3, 0.4) is 0 Å². The zero-order valence-electron chi connectivity index (χ0n) is 16.7. The number of hydrogen-bond acceptors (Lipinski definition) is 5. The van der Waals surface area contributed by atoms with E-state index < -0.39 is 0 Å². The summed E-state index contributed by atoms with van der Waals surface area (Å²) in [5.74, 6) is 0.610. The average Bonchev–Trinajstić information content (AvgIpc) is 3.03. The number of carbonyl (C=O) groups excluding carboxylic acids is 1. The Balaban J connectivity index is 1.27. The first kappa shape index (κ1) is 18.1. The molecule has 2 saturated heterocycles. The maximum atomic E-state index is 13.1. The molecule has 0 radical (unpaired) electrons. The van der Waals surface area contributed by atoms with Crippen LogP contribution in [0, 0.1) is 6.92 Å². The van der Waals surface area contributed by atoms with Gasteiger partial charge in [-0.3, -0.25) is 9.78 Å². The predicted molar refractivity (Wildman–Crippen MR) is 108 cm³/mol. The van der Waals surface area contributed by atoms with Gasteiger partial charge in [-0.2, -0.15) is 0 Å². The van der Waals surface area contributed by atoms with E-state index in [0.29, 0.717) is 25.6 Å². The number of carbonyl (C=O) groups is 1. The number of fused-ring (bicyclic) bond motifs is 1. The second-order valence-corrected chi connectivity index (χ2v) is 8.09. The Bertz CT molecular complexity index is 1070. The van der Waals surface area contributed by atoms with E-state index in [-0.39, 0.29) is 17.6 Å². The lowest BCUT2D eigenvalue weighted by atomic mass is 9.84. The summed E-state index contributed by atoms with van der Waals surface area (Å²) in [5.41, 5.74) is 2.32. The molecule has 0 bridgehead atoms. The number of rotatable bonds is 3. The van der Waals surface area contributed by atoms with E-state index in [4.69, 9.17) is 9.47 Å². The Morgan fingerprint density at radius 2 is 2.10 bits per heavy atom. The molecule has 7 nitrogen and oxygen atoms in total. The molecule has 7 heteroatoms. The van der Waals surface area contributed by atoms with E-state index in [1.54, 1.807) is 12.4 Å². The number of benzene rings is 1. The molecule has 1 atom stereocenters. The molecular weight excluding hydrogens is 368 g/mol. The Hall–Kier alpha value is -2.93. The summed E-state index contributed by atoms with van der Waals surface area (Å²) in [6, 6.07) is 7.99. The highest BCUT2D eigenvalue weighted by Crippen LogP contribution is 2.37. The van der Waals surface area contributed by atoms with E-state index in [1.807, 2.05) is 53.9 Å². The van der Waals surface area contributed by atoms with Gasteiger partial charge in [0.05, 0.1) is 37.2 Å². The van der Waals surface area contributed by atoms with Crippen molar-refractivity contribution in [1.29, 1.82) is 0 Å². The minimum Gasteiger partial charge on any atom is -0.473 e. The highest BCUT2D eigenvalue weighted by Gasteiger charge is 2.50. The summed E-state index contributed by atoms with van der Waals surface area (Å²) in [5, 5.41) is 0.991. The van der Waals surface area contributed by atoms with Crippen LogP contribution in [0.4, 0.5) is 0 Å². The molecule has 0 unspecified atom stereocenters. The van der Waals surface area contributed by atoms with Crippen LogP contribution in [0.25, 0.3) is 10.9 Å². The van der Waals surface area contributed by atoms with E-state index in [9.17, 15) is 4.79 Å². The van der Waals surface area contributed by atoms with E-state index >= 15 is 0 Å². The molecule has 5 rings (SSSR count). The standard InChI is InChI=1S/C22H24N4O3/c1-15-10-23-11-20(24-15)29-16-7-8-28-22(9-16)13-26(14-22)21(27)18-12-25(2)19-6-4-3-5-17(18)19/h3-6,10-12,16H,7-9,13-14H2,1-2H3/t16-/m0/s1. The molecule has 29 heavy (non-hydrogen) atoms. The second-order valence-electron chi connectivity index (χ2n) is 8.09. The molecule has 0 aliphatic carbocycles. The molecule has 1 spiro atoms. The molecule has 3 aromatic rings. The fourth-order valence-corrected chi connectivity index (χ4v) is 4.45. The van der Waals surface area contributed by atoms with Crippen molar-refractivity contribution >= 4 is 16.8 Å². The monoisotopic (exact) mass is 392 g/mol. The van der Waals surface area contributed by atoms with Crippen molar-refractivity contribution in [3.8, 4) is 5.88 Å². The van der Waals surface area contributed by atoms with Gasteiger partial charge in [0.25, 0.3) is 5.91 Å². The van der Waals surface area contributed by atoms with E-state index in [1.165, 1.54) is 0 Å². The maximum absolute atomic E-state index is 13.1. The molecule has 2 aromatic heterocycles. The first-order valence-electron chi connectivity index (χ1n) is 9.96. The van der Waals surface area contributed by atoms with Gasteiger partial charge in [0.2, 0.25) is 5.88 Å². The molecule has 150 valence electrons. The van der Waals surface area contributed by atoms with Crippen LogP contribution in [0.1, 0.15) is 28.9 Å². The summed E-state index contributed by atoms with van der Waals surface area (Å²) in [7, 11) is 1.97. The topological polar surface area (TPSA) is 69.5 Å². The second kappa shape index (κ2) is 6.84. The first-order chi connectivity index (χ1) is 14.0. The fraction of sp³-hybridized carbons (Fsp3) is 0.409. The lowest BCUT2D eigenvalue weighted by Crippen LogP contribution is -2.67. The summed E-state index contributed by atoms with van der Waals surface area (Å²) < 4.78 is 14.1. The van der Waals surface area contributed by atoms with Gasteiger partial charge in [0.1, 0.15) is 11.7 Å². The number of aryl methyl sites for hydroxylation is 2. The Kier molecular flexibility index (Phi) is 4.28. The normalized spacial score (nSPS) is 20.6. The highest BCUT2D eigenvalue weighted by molar-refractivity contribution is 6.07. The number of ether oxygens (including phenoxy) is 2. The maximum Gasteiger partial charge on any atom is 0.256 e. The number of aromatic nitrogens is 3. The number of para-hydroxylation sites is 1. The summed E-state index contributed by atoms with van der Waals surface area (Å²) in [4.78, 5) is 23.5. The van der Waals surface area contributed by atoms with Crippen LogP contribution < -0.4 is 4.74 Å². The third kappa shape index (κ3) is 3.25. The van der Waals surface area contributed by atoms with Gasteiger partial charge >= 0.3 is 0 Å². The SMILES string of the molecule is Cc1cncc(O[C@H]2CCOC3(C2)CN(C(=O)c2cn(C)c4ccccc24)C3)n1. The number of amides is 1. The van der Waals surface area contributed by atoms with Crippen LogP contribution >= 0.6 is 0 Å². The van der Waals surface area contributed by atoms with Crippen molar-refractivity contribution in [2.75, 3.05) is 19.7 Å². The summed E-state index contributed by atoms with van der Waals surface area (Å²) in [6.45, 7) is 3.71. The van der Waals surface area contributed by atoms with Gasteiger partial charge in [-0.1, -0.05) is 18.2 Å². The molecule has 2 aliphatic rings. The zero-order chi connectivity index (χ0) is 20.0. The van der Waals surface area contributed by atoms with Crippen LogP contribution in [0.5, 0.6) is 5.88 Å². The smallest absolute Gasteiger partial charge is 0.256 e. The van der Waals surface area contributed by atoms with Crippen molar-refractivity contribution in [2.24, 2.45) is 7.05 Å². The minimum absolute atomic E-state index is 0.0228. The van der Waals surface area contributed by atoms with Crippen molar-refractivity contribution in [3.63, 3.8) is 0 Å². The van der Waals surface area contributed by atoms with Gasteiger partial charge in [-0.05, 0) is 13.0 Å². The highest BCUT2D eigenvalue weighted by atomic mass is 16.5. The quantitative estimate of drug-likeness (QED) is 0.686. The molecule has 0 N–H and O–H groups in total. The van der Waals surface area contributed by atoms with Crippen molar-refractivity contribution in [2.45, 2.75) is 31.5 Å². The molecular formula is C22H24N4O3.